The fraction of sp³-hybridized carbons (Fsp3) is 0.0455. The summed E-state index contributed by atoms with van der Waals surface area (Å²) in [7, 11) is 0. The molecule has 0 aliphatic heterocycles. The number of hydrogen-bond acceptors (Lipinski definition) is 3. The van der Waals surface area contributed by atoms with Crippen molar-refractivity contribution in [2.45, 2.75) is 6.54 Å². The molecule has 0 aromatic heterocycles. The van der Waals surface area contributed by atoms with Gasteiger partial charge in [-0.2, -0.15) is 5.26 Å². The molecule has 0 aliphatic rings. The maximum absolute atomic E-state index is 13.6. The molecule has 3 aromatic rings. The van der Waals surface area contributed by atoms with Gasteiger partial charge in [0, 0.05) is 28.9 Å². The van der Waals surface area contributed by atoms with Crippen LogP contribution in [0, 0.1) is 17.1 Å². The predicted octanol–water partition coefficient (Wildman–Crippen LogP) is 3.88. The number of benzene rings is 3. The van der Waals surface area contributed by atoms with Crippen LogP contribution in [0.2, 0.25) is 0 Å². The highest BCUT2D eigenvalue weighted by Gasteiger charge is 2.10. The Balaban J connectivity index is 1.62. The Bertz CT molecular complexity index is 1060. The van der Waals surface area contributed by atoms with E-state index in [2.05, 4.69) is 10.6 Å². The summed E-state index contributed by atoms with van der Waals surface area (Å²) >= 11 is 0. The zero-order valence-corrected chi connectivity index (χ0v) is 14.8. The highest BCUT2D eigenvalue weighted by Crippen LogP contribution is 2.13. The van der Waals surface area contributed by atoms with Gasteiger partial charge in [-0.1, -0.05) is 24.3 Å². The van der Waals surface area contributed by atoms with Crippen molar-refractivity contribution in [3.8, 4) is 6.07 Å². The smallest absolute Gasteiger partial charge is 0.255 e. The number of nitrogens with one attached hydrogen (secondary N) is 2. The molecular formula is C22H16FN3O2. The number of halogens is 1. The van der Waals surface area contributed by atoms with Crippen molar-refractivity contribution in [1.29, 1.82) is 5.26 Å². The van der Waals surface area contributed by atoms with Crippen LogP contribution >= 0.6 is 0 Å². The predicted molar refractivity (Wildman–Crippen MR) is 103 cm³/mol. The molecule has 0 aliphatic carbocycles. The quantitative estimate of drug-likeness (QED) is 0.712. The van der Waals surface area contributed by atoms with E-state index in [0.29, 0.717) is 27.9 Å². The molecule has 0 bridgehead atoms. The monoisotopic (exact) mass is 373 g/mol. The van der Waals surface area contributed by atoms with Crippen LogP contribution in [0.4, 0.5) is 10.1 Å². The van der Waals surface area contributed by atoms with E-state index in [1.54, 1.807) is 42.5 Å². The number of rotatable bonds is 5. The Morgan fingerprint density at radius 2 is 1.57 bits per heavy atom. The SMILES string of the molecule is N#Cc1cccc(NC(=O)c2ccc(C(=O)NCc3ccccc3F)cc2)c1. The lowest BCUT2D eigenvalue weighted by Gasteiger charge is -2.08. The van der Waals surface area contributed by atoms with Gasteiger partial charge in [-0.05, 0) is 48.5 Å². The highest BCUT2D eigenvalue weighted by molar-refractivity contribution is 6.05. The lowest BCUT2D eigenvalue weighted by atomic mass is 10.1. The molecule has 28 heavy (non-hydrogen) atoms. The highest BCUT2D eigenvalue weighted by atomic mass is 19.1. The molecule has 0 spiro atoms. The number of carbonyl (C=O) groups is 2. The lowest BCUT2D eigenvalue weighted by molar-refractivity contribution is 0.0948. The van der Waals surface area contributed by atoms with Crippen molar-refractivity contribution >= 4 is 17.5 Å². The van der Waals surface area contributed by atoms with Gasteiger partial charge >= 0.3 is 0 Å². The topological polar surface area (TPSA) is 82.0 Å². The summed E-state index contributed by atoms with van der Waals surface area (Å²) in [6.07, 6.45) is 0. The van der Waals surface area contributed by atoms with E-state index in [1.165, 1.54) is 30.3 Å². The largest absolute Gasteiger partial charge is 0.348 e. The fourth-order valence-electron chi connectivity index (χ4n) is 2.56. The van der Waals surface area contributed by atoms with Crippen LogP contribution in [0.25, 0.3) is 0 Å². The summed E-state index contributed by atoms with van der Waals surface area (Å²) < 4.78 is 13.6. The zero-order valence-electron chi connectivity index (χ0n) is 14.8. The molecule has 0 saturated carbocycles. The molecular weight excluding hydrogens is 357 g/mol. The van der Waals surface area contributed by atoms with Crippen molar-refractivity contribution in [3.63, 3.8) is 0 Å². The number of anilines is 1. The van der Waals surface area contributed by atoms with Crippen LogP contribution < -0.4 is 10.6 Å². The first kappa shape index (κ1) is 18.8. The number of carbonyl (C=O) groups excluding carboxylic acids is 2. The first-order valence-electron chi connectivity index (χ1n) is 8.50. The second-order valence-corrected chi connectivity index (χ2v) is 6.00. The van der Waals surface area contributed by atoms with E-state index >= 15 is 0 Å². The van der Waals surface area contributed by atoms with E-state index in [0.717, 1.165) is 0 Å². The van der Waals surface area contributed by atoms with Gasteiger partial charge in [0.15, 0.2) is 0 Å². The first-order chi connectivity index (χ1) is 13.6. The first-order valence-corrected chi connectivity index (χ1v) is 8.50. The summed E-state index contributed by atoms with van der Waals surface area (Å²) in [4.78, 5) is 24.5. The van der Waals surface area contributed by atoms with Gasteiger partial charge < -0.3 is 10.6 Å². The molecule has 138 valence electrons. The molecule has 0 heterocycles. The summed E-state index contributed by atoms with van der Waals surface area (Å²) in [5, 5.41) is 14.3. The van der Waals surface area contributed by atoms with E-state index in [4.69, 9.17) is 5.26 Å². The van der Waals surface area contributed by atoms with Crippen LogP contribution in [-0.2, 0) is 6.54 Å². The minimum atomic E-state index is -0.379. The Morgan fingerprint density at radius 3 is 2.25 bits per heavy atom. The fourth-order valence-corrected chi connectivity index (χ4v) is 2.56. The van der Waals surface area contributed by atoms with Crippen LogP contribution in [0.3, 0.4) is 0 Å². The Kier molecular flexibility index (Phi) is 5.78. The normalized spacial score (nSPS) is 10.0. The summed E-state index contributed by atoms with van der Waals surface area (Å²) in [5.41, 5.74) is 2.08. The molecule has 6 heteroatoms. The second-order valence-electron chi connectivity index (χ2n) is 6.00. The molecule has 5 nitrogen and oxygen atoms in total. The molecule has 0 unspecified atom stereocenters. The zero-order chi connectivity index (χ0) is 19.9. The molecule has 2 N–H and O–H groups in total. The Labute approximate surface area is 161 Å². The van der Waals surface area contributed by atoms with Crippen LogP contribution in [0.5, 0.6) is 0 Å². The van der Waals surface area contributed by atoms with Crippen molar-refractivity contribution in [2.24, 2.45) is 0 Å². The third kappa shape index (κ3) is 4.59. The maximum atomic E-state index is 13.6. The molecule has 0 radical (unpaired) electrons. The van der Waals surface area contributed by atoms with E-state index in [-0.39, 0.29) is 24.2 Å². The minimum absolute atomic E-state index is 0.0724. The van der Waals surface area contributed by atoms with Gasteiger partial charge in [-0.15, -0.1) is 0 Å². The Morgan fingerprint density at radius 1 is 0.893 bits per heavy atom. The Hall–Kier alpha value is -3.98. The van der Waals surface area contributed by atoms with Crippen molar-refractivity contribution in [3.05, 3.63) is 101 Å². The molecule has 3 aromatic carbocycles. The van der Waals surface area contributed by atoms with Crippen molar-refractivity contribution < 1.29 is 14.0 Å². The summed E-state index contributed by atoms with van der Waals surface area (Å²) in [6, 6.07) is 20.9. The number of hydrogen-bond donors (Lipinski definition) is 2. The third-order valence-corrected chi connectivity index (χ3v) is 4.06. The standard InChI is InChI=1S/C22H16FN3O2/c23-20-7-2-1-5-18(20)14-25-21(27)16-8-10-17(11-9-16)22(28)26-19-6-3-4-15(12-19)13-24/h1-12H,14H2,(H,25,27)(H,26,28). The summed E-state index contributed by atoms with van der Waals surface area (Å²) in [5.74, 6) is -1.10. The van der Waals surface area contributed by atoms with Gasteiger partial charge in [0.1, 0.15) is 5.82 Å². The summed E-state index contributed by atoms with van der Waals surface area (Å²) in [6.45, 7) is 0.0724. The third-order valence-electron chi connectivity index (χ3n) is 4.06. The molecule has 0 saturated heterocycles. The average molecular weight is 373 g/mol. The lowest BCUT2D eigenvalue weighted by Crippen LogP contribution is -2.23. The maximum Gasteiger partial charge on any atom is 0.255 e. The van der Waals surface area contributed by atoms with Gasteiger partial charge in [0.25, 0.3) is 11.8 Å². The molecule has 2 amide bonds. The molecule has 3 rings (SSSR count). The van der Waals surface area contributed by atoms with Crippen molar-refractivity contribution in [1.82, 2.24) is 5.32 Å². The number of nitrogens with zero attached hydrogens (tertiary/aromatic N) is 1. The van der Waals surface area contributed by atoms with E-state index in [1.807, 2.05) is 6.07 Å². The minimum Gasteiger partial charge on any atom is -0.348 e. The van der Waals surface area contributed by atoms with Gasteiger partial charge in [0.2, 0.25) is 0 Å². The van der Waals surface area contributed by atoms with Gasteiger partial charge in [-0.3, -0.25) is 9.59 Å². The molecule has 0 atom stereocenters. The van der Waals surface area contributed by atoms with E-state index < -0.39 is 0 Å². The second kappa shape index (κ2) is 8.60. The van der Waals surface area contributed by atoms with Gasteiger partial charge in [-0.25, -0.2) is 4.39 Å². The molecule has 0 fully saturated rings. The average Bonchev–Trinajstić information content (AvgIpc) is 2.73. The van der Waals surface area contributed by atoms with Crippen LogP contribution in [0.15, 0.2) is 72.8 Å². The van der Waals surface area contributed by atoms with Crippen LogP contribution in [0.1, 0.15) is 31.8 Å². The van der Waals surface area contributed by atoms with Crippen molar-refractivity contribution in [2.75, 3.05) is 5.32 Å². The number of amides is 2. The van der Waals surface area contributed by atoms with Gasteiger partial charge in [0.05, 0.1) is 11.6 Å². The number of nitriles is 1. The van der Waals surface area contributed by atoms with E-state index in [9.17, 15) is 14.0 Å². The van der Waals surface area contributed by atoms with Crippen LogP contribution in [-0.4, -0.2) is 11.8 Å².